The maximum Gasteiger partial charge on any atom is 0.145 e. The zero-order chi connectivity index (χ0) is 15.3. The van der Waals surface area contributed by atoms with Gasteiger partial charge >= 0.3 is 0 Å². The molecule has 114 valence electrons. The van der Waals surface area contributed by atoms with Gasteiger partial charge in [-0.05, 0) is 12.8 Å². The summed E-state index contributed by atoms with van der Waals surface area (Å²) in [7, 11) is 0. The number of hydrogen-bond acceptors (Lipinski definition) is 5. The summed E-state index contributed by atoms with van der Waals surface area (Å²) in [5.41, 5.74) is 2.51. The second kappa shape index (κ2) is 6.88. The number of hydrogen-bond donors (Lipinski definition) is 3. The van der Waals surface area contributed by atoms with Gasteiger partial charge in [-0.2, -0.15) is 0 Å². The van der Waals surface area contributed by atoms with E-state index in [-0.39, 0.29) is 5.41 Å². The Morgan fingerprint density at radius 3 is 2.15 bits per heavy atom. The van der Waals surface area contributed by atoms with Crippen LogP contribution in [0.5, 0.6) is 0 Å². The molecular formula is C15H29N5. The second-order valence-corrected chi connectivity index (χ2v) is 6.37. The summed E-state index contributed by atoms with van der Waals surface area (Å²) in [5.74, 6) is 8.40. The molecule has 0 saturated carbocycles. The zero-order valence-electron chi connectivity index (χ0n) is 13.6. The molecule has 0 aliphatic rings. The summed E-state index contributed by atoms with van der Waals surface area (Å²) in [6.45, 7) is 12.9. The van der Waals surface area contributed by atoms with Crippen molar-refractivity contribution >= 4 is 11.6 Å². The third-order valence-electron chi connectivity index (χ3n) is 3.68. The largest absolute Gasteiger partial charge is 0.367 e. The fraction of sp³-hybridized carbons (Fsp3) is 0.733. The molecule has 0 spiro atoms. The lowest BCUT2D eigenvalue weighted by Crippen LogP contribution is -2.27. The Balaban J connectivity index is 3.00. The van der Waals surface area contributed by atoms with E-state index < -0.39 is 0 Å². The summed E-state index contributed by atoms with van der Waals surface area (Å²) in [6.07, 6.45) is 2.31. The molecule has 0 amide bonds. The molecule has 5 heteroatoms. The average Bonchev–Trinajstić information content (AvgIpc) is 2.38. The first-order chi connectivity index (χ1) is 9.31. The molecule has 0 aliphatic heterocycles. The maximum atomic E-state index is 5.51. The molecular weight excluding hydrogens is 250 g/mol. The fourth-order valence-corrected chi connectivity index (χ4v) is 2.28. The number of nitrogens with one attached hydrogen (secondary N) is 2. The first-order valence-electron chi connectivity index (χ1n) is 7.44. The van der Waals surface area contributed by atoms with Crippen LogP contribution in [0.1, 0.15) is 60.2 Å². The van der Waals surface area contributed by atoms with Crippen LogP contribution in [0.15, 0.2) is 6.07 Å². The lowest BCUT2D eigenvalue weighted by Gasteiger charge is -2.24. The lowest BCUT2D eigenvalue weighted by molar-refractivity contribution is 0.436. The lowest BCUT2D eigenvalue weighted by atomic mass is 9.95. The monoisotopic (exact) mass is 279 g/mol. The van der Waals surface area contributed by atoms with Crippen LogP contribution in [-0.4, -0.2) is 16.0 Å². The van der Waals surface area contributed by atoms with Crippen LogP contribution in [0, 0.1) is 5.92 Å². The maximum absolute atomic E-state index is 5.51. The van der Waals surface area contributed by atoms with E-state index in [9.17, 15) is 0 Å². The Morgan fingerprint density at radius 2 is 1.70 bits per heavy atom. The Morgan fingerprint density at radius 1 is 1.15 bits per heavy atom. The van der Waals surface area contributed by atoms with Crippen LogP contribution in [0.2, 0.25) is 0 Å². The summed E-state index contributed by atoms with van der Waals surface area (Å²) in [5, 5.41) is 3.48. The fourth-order valence-electron chi connectivity index (χ4n) is 2.28. The number of rotatable bonds is 6. The number of nitrogens with zero attached hydrogens (tertiary/aromatic N) is 2. The molecule has 0 fully saturated rings. The third-order valence-corrected chi connectivity index (χ3v) is 3.68. The Kier molecular flexibility index (Phi) is 5.74. The Bertz CT molecular complexity index is 421. The molecule has 4 N–H and O–H groups in total. The first kappa shape index (κ1) is 16.7. The highest BCUT2D eigenvalue weighted by molar-refractivity contribution is 5.48. The minimum absolute atomic E-state index is 0.110. The van der Waals surface area contributed by atoms with E-state index in [2.05, 4.69) is 62.3 Å². The normalized spacial score (nSPS) is 13.4. The van der Waals surface area contributed by atoms with Gasteiger partial charge in [-0.3, -0.25) is 0 Å². The molecule has 1 aromatic rings. The molecule has 0 aliphatic carbocycles. The van der Waals surface area contributed by atoms with Gasteiger partial charge in [0.15, 0.2) is 0 Å². The van der Waals surface area contributed by atoms with Gasteiger partial charge in [0.1, 0.15) is 17.5 Å². The number of nitrogen functional groups attached to an aromatic ring is 1. The molecule has 20 heavy (non-hydrogen) atoms. The molecule has 1 rings (SSSR count). The van der Waals surface area contributed by atoms with Crippen molar-refractivity contribution in [1.29, 1.82) is 0 Å². The number of hydrazine groups is 1. The van der Waals surface area contributed by atoms with Gasteiger partial charge in [-0.15, -0.1) is 0 Å². The van der Waals surface area contributed by atoms with Gasteiger partial charge in [-0.25, -0.2) is 15.8 Å². The number of aromatic nitrogens is 2. The molecule has 1 atom stereocenters. The first-order valence-corrected chi connectivity index (χ1v) is 7.44. The summed E-state index contributed by atoms with van der Waals surface area (Å²) >= 11 is 0. The van der Waals surface area contributed by atoms with Gasteiger partial charge in [0.2, 0.25) is 0 Å². The smallest absolute Gasteiger partial charge is 0.145 e. The van der Waals surface area contributed by atoms with Gasteiger partial charge in [0, 0.05) is 17.5 Å². The average molecular weight is 279 g/mol. The quantitative estimate of drug-likeness (QED) is 0.550. The van der Waals surface area contributed by atoms with Crippen molar-refractivity contribution < 1.29 is 0 Å². The van der Waals surface area contributed by atoms with E-state index in [0.29, 0.717) is 17.8 Å². The minimum Gasteiger partial charge on any atom is -0.367 e. The highest BCUT2D eigenvalue weighted by atomic mass is 15.3. The summed E-state index contributed by atoms with van der Waals surface area (Å²) in [4.78, 5) is 9.05. The van der Waals surface area contributed by atoms with E-state index >= 15 is 0 Å². The van der Waals surface area contributed by atoms with Crippen molar-refractivity contribution in [3.05, 3.63) is 11.9 Å². The summed E-state index contributed by atoms with van der Waals surface area (Å²) < 4.78 is 0. The third kappa shape index (κ3) is 4.34. The van der Waals surface area contributed by atoms with Crippen molar-refractivity contribution in [3.63, 3.8) is 0 Å². The van der Waals surface area contributed by atoms with Gasteiger partial charge in [-0.1, -0.05) is 47.5 Å². The van der Waals surface area contributed by atoms with E-state index in [4.69, 9.17) is 5.84 Å². The Hall–Kier alpha value is -1.36. The molecule has 0 aromatic carbocycles. The Labute approximate surface area is 122 Å². The molecule has 1 aromatic heterocycles. The molecule has 0 radical (unpaired) electrons. The standard InChI is InChI=1S/C15H29N5/c1-7-11(8-2)10(3)17-12-9-13(20-16)19-14(18-12)15(4,5)6/h9-11H,7-8,16H2,1-6H3,(H2,17,18,19,20). The predicted octanol–water partition coefficient (Wildman–Crippen LogP) is 3.30. The van der Waals surface area contributed by atoms with Crippen molar-refractivity contribution in [2.24, 2.45) is 11.8 Å². The molecule has 1 heterocycles. The highest BCUT2D eigenvalue weighted by Gasteiger charge is 2.20. The van der Waals surface area contributed by atoms with Gasteiger partial charge < -0.3 is 10.7 Å². The van der Waals surface area contributed by atoms with Crippen molar-refractivity contribution in [3.8, 4) is 0 Å². The van der Waals surface area contributed by atoms with E-state index in [1.54, 1.807) is 0 Å². The number of anilines is 2. The number of nitrogens with two attached hydrogens (primary N) is 1. The van der Waals surface area contributed by atoms with E-state index in [0.717, 1.165) is 24.5 Å². The molecule has 5 nitrogen and oxygen atoms in total. The van der Waals surface area contributed by atoms with Crippen LogP contribution in [-0.2, 0) is 5.41 Å². The van der Waals surface area contributed by atoms with E-state index in [1.807, 2.05) is 6.07 Å². The van der Waals surface area contributed by atoms with Crippen LogP contribution < -0.4 is 16.6 Å². The molecule has 0 bridgehead atoms. The van der Waals surface area contributed by atoms with Crippen LogP contribution in [0.3, 0.4) is 0 Å². The van der Waals surface area contributed by atoms with Gasteiger partial charge in [0.05, 0.1) is 0 Å². The molecule has 1 unspecified atom stereocenters. The topological polar surface area (TPSA) is 75.9 Å². The van der Waals surface area contributed by atoms with Crippen molar-refractivity contribution in [2.75, 3.05) is 10.7 Å². The molecule has 0 saturated heterocycles. The minimum atomic E-state index is -0.110. The second-order valence-electron chi connectivity index (χ2n) is 6.37. The predicted molar refractivity (Wildman–Crippen MR) is 85.7 cm³/mol. The summed E-state index contributed by atoms with van der Waals surface area (Å²) in [6, 6.07) is 2.23. The van der Waals surface area contributed by atoms with Crippen molar-refractivity contribution in [1.82, 2.24) is 9.97 Å². The van der Waals surface area contributed by atoms with Crippen LogP contribution >= 0.6 is 0 Å². The van der Waals surface area contributed by atoms with Crippen molar-refractivity contribution in [2.45, 2.75) is 65.8 Å². The highest BCUT2D eigenvalue weighted by Crippen LogP contribution is 2.23. The van der Waals surface area contributed by atoms with Crippen LogP contribution in [0.4, 0.5) is 11.6 Å². The zero-order valence-corrected chi connectivity index (χ0v) is 13.6. The van der Waals surface area contributed by atoms with Crippen LogP contribution in [0.25, 0.3) is 0 Å². The van der Waals surface area contributed by atoms with Gasteiger partial charge in [0.25, 0.3) is 0 Å². The SMILES string of the molecule is CCC(CC)C(C)Nc1cc(NN)nc(C(C)(C)C)n1. The van der Waals surface area contributed by atoms with E-state index in [1.165, 1.54) is 0 Å².